The van der Waals surface area contributed by atoms with E-state index in [4.69, 9.17) is 0 Å². The summed E-state index contributed by atoms with van der Waals surface area (Å²) in [6, 6.07) is 0.132. The van der Waals surface area contributed by atoms with Gasteiger partial charge in [0.05, 0.1) is 12.2 Å². The minimum atomic E-state index is 0.114. The molecule has 0 aromatic carbocycles. The van der Waals surface area contributed by atoms with Crippen molar-refractivity contribution in [3.05, 3.63) is 17.0 Å². The largest absolute Gasteiger partial charge is 0.345 e. The third-order valence-electron chi connectivity index (χ3n) is 3.46. The van der Waals surface area contributed by atoms with E-state index in [1.165, 1.54) is 5.56 Å². The molecule has 0 radical (unpaired) electrons. The van der Waals surface area contributed by atoms with Crippen LogP contribution in [0.2, 0.25) is 0 Å². The van der Waals surface area contributed by atoms with Crippen molar-refractivity contribution in [3.8, 4) is 0 Å². The highest BCUT2D eigenvalue weighted by atomic mass is 16.2. The zero-order valence-corrected chi connectivity index (χ0v) is 12.2. The van der Waals surface area contributed by atoms with Crippen molar-refractivity contribution in [2.24, 2.45) is 7.05 Å². The summed E-state index contributed by atoms with van der Waals surface area (Å²) < 4.78 is 1.88. The summed E-state index contributed by atoms with van der Waals surface area (Å²) in [7, 11) is 3.75. The molecule has 1 heterocycles. The van der Waals surface area contributed by atoms with E-state index in [1.54, 1.807) is 4.90 Å². The van der Waals surface area contributed by atoms with Crippen LogP contribution in [0.3, 0.4) is 0 Å². The molecule has 1 aromatic rings. The Hall–Kier alpha value is -1.36. The molecule has 5 heteroatoms. The molecular formula is C13H24N4O. The van der Waals surface area contributed by atoms with E-state index in [-0.39, 0.29) is 11.9 Å². The molecule has 18 heavy (non-hydrogen) atoms. The van der Waals surface area contributed by atoms with Crippen LogP contribution < -0.4 is 5.32 Å². The minimum Gasteiger partial charge on any atom is -0.345 e. The Morgan fingerprint density at radius 3 is 2.56 bits per heavy atom. The highest BCUT2D eigenvalue weighted by Crippen LogP contribution is 2.20. The highest BCUT2D eigenvalue weighted by Gasteiger charge is 2.17. The zero-order valence-electron chi connectivity index (χ0n) is 12.2. The van der Waals surface area contributed by atoms with E-state index >= 15 is 0 Å². The van der Waals surface area contributed by atoms with Crippen LogP contribution in [0.4, 0.5) is 0 Å². The van der Waals surface area contributed by atoms with Crippen LogP contribution >= 0.6 is 0 Å². The second kappa shape index (κ2) is 6.00. The molecule has 1 amide bonds. The molecule has 1 aromatic heterocycles. The predicted octanol–water partition coefficient (Wildman–Crippen LogP) is 1.17. The molecule has 0 saturated carbocycles. The first kappa shape index (κ1) is 14.7. The van der Waals surface area contributed by atoms with Crippen LogP contribution in [0.15, 0.2) is 0 Å². The Bertz CT molecular complexity index is 425. The number of aryl methyl sites for hydroxylation is 2. The van der Waals surface area contributed by atoms with Gasteiger partial charge in [0, 0.05) is 37.9 Å². The monoisotopic (exact) mass is 252 g/mol. The second-order valence-electron chi connectivity index (χ2n) is 4.72. The van der Waals surface area contributed by atoms with Crippen molar-refractivity contribution in [2.75, 3.05) is 20.1 Å². The molecule has 1 unspecified atom stereocenters. The predicted molar refractivity (Wildman–Crippen MR) is 72.4 cm³/mol. The number of aromatic nitrogens is 2. The molecule has 0 saturated heterocycles. The van der Waals surface area contributed by atoms with E-state index in [0.717, 1.165) is 17.9 Å². The van der Waals surface area contributed by atoms with Gasteiger partial charge < -0.3 is 10.2 Å². The standard InChI is InChI=1S/C13H24N4O/c1-7-16(5)12(18)8-14-9(2)13-10(3)15-17(6)11(13)4/h9,14H,7-8H2,1-6H3. The minimum absolute atomic E-state index is 0.114. The normalized spacial score (nSPS) is 12.6. The summed E-state index contributed by atoms with van der Waals surface area (Å²) in [5.74, 6) is 0.114. The maximum Gasteiger partial charge on any atom is 0.236 e. The molecule has 0 aliphatic carbocycles. The average Bonchev–Trinajstić information content (AvgIpc) is 2.59. The van der Waals surface area contributed by atoms with Gasteiger partial charge in [0.25, 0.3) is 0 Å². The molecule has 0 bridgehead atoms. The van der Waals surface area contributed by atoms with Crippen molar-refractivity contribution in [1.82, 2.24) is 20.0 Å². The van der Waals surface area contributed by atoms with Gasteiger partial charge in [0.15, 0.2) is 0 Å². The smallest absolute Gasteiger partial charge is 0.236 e. The maximum absolute atomic E-state index is 11.7. The molecule has 0 aliphatic heterocycles. The van der Waals surface area contributed by atoms with Gasteiger partial charge in [-0.1, -0.05) is 0 Å². The van der Waals surface area contributed by atoms with E-state index < -0.39 is 0 Å². The number of rotatable bonds is 5. The Morgan fingerprint density at radius 1 is 1.50 bits per heavy atom. The number of carbonyl (C=O) groups excluding carboxylic acids is 1. The van der Waals surface area contributed by atoms with E-state index in [9.17, 15) is 4.79 Å². The number of nitrogens with zero attached hydrogens (tertiary/aromatic N) is 3. The number of carbonyl (C=O) groups is 1. The average molecular weight is 252 g/mol. The van der Waals surface area contributed by atoms with Crippen molar-refractivity contribution in [3.63, 3.8) is 0 Å². The molecular weight excluding hydrogens is 228 g/mol. The van der Waals surface area contributed by atoms with Gasteiger partial charge >= 0.3 is 0 Å². The fourth-order valence-electron chi connectivity index (χ4n) is 2.07. The van der Waals surface area contributed by atoms with Gasteiger partial charge in [-0.2, -0.15) is 5.10 Å². The SMILES string of the molecule is CCN(C)C(=O)CNC(C)c1c(C)nn(C)c1C. The van der Waals surface area contributed by atoms with Crippen LogP contribution in [-0.2, 0) is 11.8 Å². The lowest BCUT2D eigenvalue weighted by Crippen LogP contribution is -2.36. The van der Waals surface area contributed by atoms with Crippen LogP contribution in [0.1, 0.15) is 36.8 Å². The van der Waals surface area contributed by atoms with Gasteiger partial charge in [0.1, 0.15) is 0 Å². The van der Waals surface area contributed by atoms with E-state index in [2.05, 4.69) is 17.3 Å². The van der Waals surface area contributed by atoms with Crippen LogP contribution in [0, 0.1) is 13.8 Å². The van der Waals surface area contributed by atoms with Crippen LogP contribution in [0.5, 0.6) is 0 Å². The third-order valence-corrected chi connectivity index (χ3v) is 3.46. The zero-order chi connectivity index (χ0) is 13.9. The lowest BCUT2D eigenvalue weighted by atomic mass is 10.1. The number of likely N-dealkylation sites (N-methyl/N-ethyl adjacent to an activating group) is 1. The molecule has 5 nitrogen and oxygen atoms in total. The molecule has 102 valence electrons. The Labute approximate surface area is 109 Å². The molecule has 0 aliphatic rings. The Kier molecular flexibility index (Phi) is 4.90. The molecule has 1 atom stereocenters. The van der Waals surface area contributed by atoms with Crippen LogP contribution in [-0.4, -0.2) is 40.7 Å². The van der Waals surface area contributed by atoms with Crippen molar-refractivity contribution < 1.29 is 4.79 Å². The summed E-state index contributed by atoms with van der Waals surface area (Å²) in [5, 5.41) is 7.66. The summed E-state index contributed by atoms with van der Waals surface area (Å²) in [5.41, 5.74) is 3.35. The van der Waals surface area contributed by atoms with Gasteiger partial charge in [-0.25, -0.2) is 0 Å². The fourth-order valence-corrected chi connectivity index (χ4v) is 2.07. The lowest BCUT2D eigenvalue weighted by molar-refractivity contribution is -0.128. The Balaban J connectivity index is 2.66. The van der Waals surface area contributed by atoms with Gasteiger partial charge in [-0.15, -0.1) is 0 Å². The number of hydrogen-bond acceptors (Lipinski definition) is 3. The highest BCUT2D eigenvalue weighted by molar-refractivity contribution is 5.77. The van der Waals surface area contributed by atoms with Crippen molar-refractivity contribution >= 4 is 5.91 Å². The first-order valence-corrected chi connectivity index (χ1v) is 6.35. The van der Waals surface area contributed by atoms with Gasteiger partial charge in [0.2, 0.25) is 5.91 Å². The molecule has 0 fully saturated rings. The lowest BCUT2D eigenvalue weighted by Gasteiger charge is -2.18. The topological polar surface area (TPSA) is 50.2 Å². The fraction of sp³-hybridized carbons (Fsp3) is 0.692. The molecule has 0 spiro atoms. The van der Waals surface area contributed by atoms with Crippen molar-refractivity contribution in [2.45, 2.75) is 33.7 Å². The molecule has 1 rings (SSSR count). The second-order valence-corrected chi connectivity index (χ2v) is 4.72. The van der Waals surface area contributed by atoms with Gasteiger partial charge in [-0.3, -0.25) is 9.48 Å². The molecule has 1 N–H and O–H groups in total. The Morgan fingerprint density at radius 2 is 2.11 bits per heavy atom. The van der Waals surface area contributed by atoms with Crippen LogP contribution in [0.25, 0.3) is 0 Å². The van der Waals surface area contributed by atoms with E-state index in [0.29, 0.717) is 6.54 Å². The number of hydrogen-bond donors (Lipinski definition) is 1. The summed E-state index contributed by atoms with van der Waals surface area (Å²) in [6.07, 6.45) is 0. The third kappa shape index (κ3) is 3.10. The number of nitrogens with one attached hydrogen (secondary N) is 1. The summed E-state index contributed by atoms with van der Waals surface area (Å²) >= 11 is 0. The summed E-state index contributed by atoms with van der Waals surface area (Å²) in [6.45, 7) is 9.18. The van der Waals surface area contributed by atoms with Gasteiger partial charge in [-0.05, 0) is 27.7 Å². The quantitative estimate of drug-likeness (QED) is 0.855. The first-order valence-electron chi connectivity index (χ1n) is 6.35. The van der Waals surface area contributed by atoms with Crippen molar-refractivity contribution in [1.29, 1.82) is 0 Å². The van der Waals surface area contributed by atoms with E-state index in [1.807, 2.05) is 39.5 Å². The first-order chi connectivity index (χ1) is 8.38. The summed E-state index contributed by atoms with van der Waals surface area (Å²) in [4.78, 5) is 13.4. The number of amides is 1. The maximum atomic E-state index is 11.7.